The molecule has 4 aliphatic carbocycles. The number of benzene rings is 1. The van der Waals surface area contributed by atoms with Gasteiger partial charge in [-0.2, -0.15) is 0 Å². The number of methoxy groups -OCH3 is 1. The van der Waals surface area contributed by atoms with E-state index in [1.165, 1.54) is 24.2 Å². The number of carbonyl (C=O) groups is 4. The summed E-state index contributed by atoms with van der Waals surface area (Å²) in [5.41, 5.74) is 2.43. The van der Waals surface area contributed by atoms with Gasteiger partial charge in [0.05, 0.1) is 18.9 Å². The number of hydrogen-bond donors (Lipinski definition) is 1. The summed E-state index contributed by atoms with van der Waals surface area (Å²) >= 11 is 0. The van der Waals surface area contributed by atoms with Crippen molar-refractivity contribution in [3.63, 3.8) is 0 Å². The van der Waals surface area contributed by atoms with E-state index < -0.39 is 17.8 Å². The van der Waals surface area contributed by atoms with E-state index in [4.69, 9.17) is 4.74 Å². The molecule has 5 aliphatic rings. The van der Waals surface area contributed by atoms with Crippen LogP contribution in [0.2, 0.25) is 0 Å². The number of aromatic hydroxyl groups is 1. The fourth-order valence-electron chi connectivity index (χ4n) is 7.33. The van der Waals surface area contributed by atoms with E-state index in [-0.39, 0.29) is 47.5 Å². The minimum Gasteiger partial charge on any atom is -0.508 e. The third-order valence-corrected chi connectivity index (χ3v) is 9.08. The summed E-state index contributed by atoms with van der Waals surface area (Å²) in [6.45, 7) is 1.63. The molecule has 0 bridgehead atoms. The highest BCUT2D eigenvalue weighted by Gasteiger charge is 2.57. The second kappa shape index (κ2) is 8.82. The Morgan fingerprint density at radius 1 is 1.00 bits per heavy atom. The molecule has 7 heteroatoms. The number of hydrogen-bond acceptors (Lipinski definition) is 6. The molecule has 192 valence electrons. The smallest absolute Gasteiger partial charge is 0.233 e. The summed E-state index contributed by atoms with van der Waals surface area (Å²) < 4.78 is 5.41. The molecule has 0 unspecified atom stereocenters. The maximum Gasteiger partial charge on any atom is 0.233 e. The molecule has 2 fully saturated rings. The van der Waals surface area contributed by atoms with Crippen molar-refractivity contribution in [2.24, 2.45) is 17.8 Å². The van der Waals surface area contributed by atoms with Gasteiger partial charge >= 0.3 is 0 Å². The second-order valence-corrected chi connectivity index (χ2v) is 11.0. The van der Waals surface area contributed by atoms with Crippen molar-refractivity contribution < 1.29 is 29.0 Å². The van der Waals surface area contributed by atoms with Crippen LogP contribution in [0.3, 0.4) is 0 Å². The number of ether oxygens (including phenoxy) is 1. The van der Waals surface area contributed by atoms with Crippen LogP contribution in [0, 0.1) is 17.8 Å². The van der Waals surface area contributed by atoms with Crippen LogP contribution >= 0.6 is 0 Å². The summed E-state index contributed by atoms with van der Waals surface area (Å²) in [4.78, 5) is 55.7. The lowest BCUT2D eigenvalue weighted by atomic mass is 9.59. The number of imide groups is 1. The third kappa shape index (κ3) is 3.54. The molecule has 7 nitrogen and oxygen atoms in total. The fraction of sp³-hybridized carbons (Fsp3) is 0.467. The number of Topliss-reactive ketones (excluding diaryl/α,β-unsaturated/α-hetero) is 1. The molecule has 0 radical (unpaired) electrons. The largest absolute Gasteiger partial charge is 0.508 e. The SMILES string of the molecule is COc1ccc(O)c([C@H]2C3=CC[C@@H]4C(=O)N(C5CCCCC5)C(=O)[C@@H]4[C@@H]3CC3=C2C(=O)C(C)=CC3=O)c1. The van der Waals surface area contributed by atoms with Crippen LogP contribution < -0.4 is 4.74 Å². The quantitative estimate of drug-likeness (QED) is 0.379. The molecule has 0 aromatic heterocycles. The lowest BCUT2D eigenvalue weighted by molar-refractivity contribution is -0.143. The third-order valence-electron chi connectivity index (χ3n) is 9.08. The van der Waals surface area contributed by atoms with Gasteiger partial charge in [0.2, 0.25) is 11.8 Å². The van der Waals surface area contributed by atoms with Gasteiger partial charge in [-0.25, -0.2) is 0 Å². The molecule has 1 aromatic rings. The van der Waals surface area contributed by atoms with Gasteiger partial charge < -0.3 is 9.84 Å². The number of likely N-dealkylation sites (tertiary alicyclic amines) is 1. The summed E-state index contributed by atoms with van der Waals surface area (Å²) in [6.07, 6.45) is 8.84. The van der Waals surface area contributed by atoms with Gasteiger partial charge in [-0.15, -0.1) is 0 Å². The molecular weight excluding hydrogens is 470 g/mol. The molecule has 1 aromatic carbocycles. The second-order valence-electron chi connectivity index (χ2n) is 11.0. The van der Waals surface area contributed by atoms with Crippen LogP contribution in [0.25, 0.3) is 0 Å². The highest BCUT2D eigenvalue weighted by Crippen LogP contribution is 2.56. The molecule has 4 atom stereocenters. The van der Waals surface area contributed by atoms with Gasteiger partial charge in [0.15, 0.2) is 11.6 Å². The Morgan fingerprint density at radius 2 is 1.76 bits per heavy atom. The lowest BCUT2D eigenvalue weighted by Gasteiger charge is -2.42. The lowest BCUT2D eigenvalue weighted by Crippen LogP contribution is -2.43. The summed E-state index contributed by atoms with van der Waals surface area (Å²) in [5, 5.41) is 10.9. The van der Waals surface area contributed by atoms with E-state index in [9.17, 15) is 24.3 Å². The Morgan fingerprint density at radius 3 is 2.49 bits per heavy atom. The van der Waals surface area contributed by atoms with Gasteiger partial charge in [0.25, 0.3) is 0 Å². The first-order chi connectivity index (χ1) is 17.8. The van der Waals surface area contributed by atoms with Crippen LogP contribution in [0.1, 0.15) is 63.4 Å². The summed E-state index contributed by atoms with van der Waals surface area (Å²) in [6, 6.07) is 4.81. The number of rotatable bonds is 3. The van der Waals surface area contributed by atoms with Gasteiger partial charge in [0.1, 0.15) is 11.5 Å². The van der Waals surface area contributed by atoms with Crippen LogP contribution in [-0.4, -0.2) is 46.5 Å². The number of nitrogens with zero attached hydrogens (tertiary/aromatic N) is 1. The van der Waals surface area contributed by atoms with E-state index in [0.29, 0.717) is 34.5 Å². The summed E-state index contributed by atoms with van der Waals surface area (Å²) in [5.74, 6) is -2.27. The Kier molecular flexibility index (Phi) is 5.70. The molecule has 1 saturated carbocycles. The van der Waals surface area contributed by atoms with Crippen molar-refractivity contribution in [1.29, 1.82) is 0 Å². The normalized spacial score (nSPS) is 30.1. The zero-order chi connectivity index (χ0) is 26.0. The predicted molar refractivity (Wildman–Crippen MR) is 135 cm³/mol. The van der Waals surface area contributed by atoms with Gasteiger partial charge in [-0.1, -0.05) is 30.9 Å². The maximum absolute atomic E-state index is 13.9. The molecule has 1 aliphatic heterocycles. The Balaban J connectivity index is 1.48. The molecule has 6 rings (SSSR count). The zero-order valence-electron chi connectivity index (χ0n) is 21.2. The number of phenolic OH excluding ortho intramolecular Hbond substituents is 1. The summed E-state index contributed by atoms with van der Waals surface area (Å²) in [7, 11) is 1.53. The average Bonchev–Trinajstić information content (AvgIpc) is 3.16. The van der Waals surface area contributed by atoms with Gasteiger partial charge in [0, 0.05) is 34.2 Å². The van der Waals surface area contributed by atoms with Crippen molar-refractivity contribution in [3.8, 4) is 11.5 Å². The number of amides is 2. The number of phenols is 1. The van der Waals surface area contributed by atoms with Crippen molar-refractivity contribution in [1.82, 2.24) is 4.90 Å². The maximum atomic E-state index is 13.9. The first-order valence-electron chi connectivity index (χ1n) is 13.3. The molecule has 1 heterocycles. The fourth-order valence-corrected chi connectivity index (χ4v) is 7.33. The highest BCUT2D eigenvalue weighted by molar-refractivity contribution is 6.24. The van der Waals surface area contributed by atoms with E-state index in [1.807, 2.05) is 6.08 Å². The molecular formula is C30H31NO6. The first-order valence-corrected chi connectivity index (χ1v) is 13.3. The van der Waals surface area contributed by atoms with Crippen molar-refractivity contribution in [3.05, 3.63) is 58.2 Å². The minimum absolute atomic E-state index is 0.00793. The Labute approximate surface area is 215 Å². The van der Waals surface area contributed by atoms with Crippen molar-refractivity contribution in [2.75, 3.05) is 7.11 Å². The molecule has 1 N–H and O–H groups in total. The molecule has 2 amide bonds. The monoisotopic (exact) mass is 501 g/mol. The standard InChI is InChI=1S/C30H31NO6/c1-15-12-24(33)22-14-20-18(25(27(22)28(15)34)21-13-17(37-2)8-11-23(21)32)9-10-19-26(20)30(36)31(29(19)35)16-6-4-3-5-7-16/h8-9,11-13,16,19-20,25-26,32H,3-7,10,14H2,1-2H3/t19-,20+,25+,26-/m0/s1. The van der Waals surface area contributed by atoms with Crippen molar-refractivity contribution in [2.45, 2.75) is 63.8 Å². The Hall–Kier alpha value is -3.48. The minimum atomic E-state index is -0.684. The molecule has 37 heavy (non-hydrogen) atoms. The van der Waals surface area contributed by atoms with Crippen molar-refractivity contribution >= 4 is 23.4 Å². The average molecular weight is 502 g/mol. The van der Waals surface area contributed by atoms with Gasteiger partial charge in [-0.05, 0) is 62.8 Å². The van der Waals surface area contributed by atoms with E-state index in [2.05, 4.69) is 0 Å². The van der Waals surface area contributed by atoms with E-state index in [0.717, 1.165) is 37.7 Å². The van der Waals surface area contributed by atoms with Crippen LogP contribution in [0.15, 0.2) is 52.6 Å². The number of carbonyl (C=O) groups excluding carboxylic acids is 4. The highest BCUT2D eigenvalue weighted by atomic mass is 16.5. The van der Waals surface area contributed by atoms with E-state index in [1.54, 1.807) is 19.1 Å². The topological polar surface area (TPSA) is 101 Å². The first kappa shape index (κ1) is 23.9. The zero-order valence-corrected chi connectivity index (χ0v) is 21.2. The Bertz CT molecular complexity index is 1330. The molecule has 1 saturated heterocycles. The number of ketones is 2. The van der Waals surface area contributed by atoms with Crippen LogP contribution in [-0.2, 0) is 19.2 Å². The molecule has 0 spiro atoms. The van der Waals surface area contributed by atoms with Gasteiger partial charge in [-0.3, -0.25) is 24.1 Å². The predicted octanol–water partition coefficient (Wildman–Crippen LogP) is 4.16. The van der Waals surface area contributed by atoms with Crippen LogP contribution in [0.5, 0.6) is 11.5 Å². The van der Waals surface area contributed by atoms with Crippen LogP contribution in [0.4, 0.5) is 0 Å². The number of fused-ring (bicyclic) bond motifs is 3. The van der Waals surface area contributed by atoms with E-state index >= 15 is 0 Å². The number of allylic oxidation sites excluding steroid dienone is 6.